The minimum absolute atomic E-state index is 0.234. The highest BCUT2D eigenvalue weighted by molar-refractivity contribution is 6.06. The van der Waals surface area contributed by atoms with Crippen LogP contribution in [-0.2, 0) is 20.9 Å². The monoisotopic (exact) mass is 326 g/mol. The van der Waals surface area contributed by atoms with Gasteiger partial charge < -0.3 is 15.4 Å². The summed E-state index contributed by atoms with van der Waals surface area (Å²) in [6.07, 6.45) is -0.331. The van der Waals surface area contributed by atoms with Crippen LogP contribution in [0.3, 0.4) is 0 Å². The number of carbonyl (C=O) groups is 3. The third-order valence-corrected chi connectivity index (χ3v) is 3.26. The number of hydrogen-bond donors (Lipinski definition) is 2. The van der Waals surface area contributed by atoms with Crippen molar-refractivity contribution in [1.29, 1.82) is 0 Å². The quantitative estimate of drug-likeness (QED) is 0.629. The zero-order chi connectivity index (χ0) is 17.4. The van der Waals surface area contributed by atoms with E-state index in [4.69, 9.17) is 0 Å². The van der Waals surface area contributed by atoms with E-state index < -0.39 is 17.8 Å². The summed E-state index contributed by atoms with van der Waals surface area (Å²) in [7, 11) is 1.26. The smallest absolute Gasteiger partial charge is 0.339 e. The Balaban J connectivity index is 1.89. The van der Waals surface area contributed by atoms with Crippen LogP contribution in [0.25, 0.3) is 0 Å². The first-order valence-corrected chi connectivity index (χ1v) is 7.38. The maximum absolute atomic E-state index is 12.0. The standard InChI is InChI=1S/C18H18N2O4/c1-24-18(23)14-9-5-6-10-15(14)20-17(22)11-16(21)19-12-13-7-3-2-4-8-13/h2-10H,11-12H2,1H3,(H,19,21)(H,20,22). The van der Waals surface area contributed by atoms with Gasteiger partial charge in [-0.1, -0.05) is 42.5 Å². The summed E-state index contributed by atoms with van der Waals surface area (Å²) in [5.41, 5.74) is 1.49. The summed E-state index contributed by atoms with van der Waals surface area (Å²) in [4.78, 5) is 35.4. The molecular formula is C18H18N2O4. The molecule has 0 aliphatic rings. The van der Waals surface area contributed by atoms with E-state index in [0.717, 1.165) is 5.56 Å². The largest absolute Gasteiger partial charge is 0.465 e. The average Bonchev–Trinajstić information content (AvgIpc) is 2.60. The molecule has 6 heteroatoms. The van der Waals surface area contributed by atoms with Gasteiger partial charge in [0.1, 0.15) is 6.42 Å². The second-order valence-electron chi connectivity index (χ2n) is 5.02. The Morgan fingerprint density at radius 3 is 2.29 bits per heavy atom. The maximum Gasteiger partial charge on any atom is 0.339 e. The molecule has 2 aromatic rings. The Morgan fingerprint density at radius 2 is 1.58 bits per heavy atom. The van der Waals surface area contributed by atoms with Crippen LogP contribution in [0.1, 0.15) is 22.3 Å². The van der Waals surface area contributed by atoms with Gasteiger partial charge in [0.15, 0.2) is 0 Å². The number of rotatable bonds is 6. The molecule has 0 heterocycles. The molecule has 0 bridgehead atoms. The lowest BCUT2D eigenvalue weighted by Gasteiger charge is -2.10. The van der Waals surface area contributed by atoms with Crippen molar-refractivity contribution in [3.8, 4) is 0 Å². The van der Waals surface area contributed by atoms with Crippen molar-refractivity contribution in [3.05, 3.63) is 65.7 Å². The Morgan fingerprint density at radius 1 is 0.917 bits per heavy atom. The number of ether oxygens (including phenoxy) is 1. The molecule has 6 nitrogen and oxygen atoms in total. The SMILES string of the molecule is COC(=O)c1ccccc1NC(=O)CC(=O)NCc1ccccc1. The molecule has 0 atom stereocenters. The molecule has 2 rings (SSSR count). The van der Waals surface area contributed by atoms with E-state index in [0.29, 0.717) is 12.2 Å². The normalized spacial score (nSPS) is 9.88. The third kappa shape index (κ3) is 4.95. The maximum atomic E-state index is 12.0. The number of hydrogen-bond acceptors (Lipinski definition) is 4. The van der Waals surface area contributed by atoms with Crippen LogP contribution in [0, 0.1) is 0 Å². The van der Waals surface area contributed by atoms with Gasteiger partial charge in [-0.15, -0.1) is 0 Å². The number of benzene rings is 2. The molecule has 24 heavy (non-hydrogen) atoms. The fourth-order valence-corrected chi connectivity index (χ4v) is 2.08. The van der Waals surface area contributed by atoms with E-state index in [1.54, 1.807) is 18.2 Å². The van der Waals surface area contributed by atoms with E-state index >= 15 is 0 Å². The lowest BCUT2D eigenvalue weighted by atomic mass is 10.1. The van der Waals surface area contributed by atoms with Gasteiger partial charge in [0.05, 0.1) is 18.4 Å². The molecule has 0 aliphatic carbocycles. The predicted octanol–water partition coefficient (Wildman–Crippen LogP) is 2.12. The molecule has 0 spiro atoms. The summed E-state index contributed by atoms with van der Waals surface area (Å²) < 4.78 is 4.66. The first kappa shape index (κ1) is 17.2. The summed E-state index contributed by atoms with van der Waals surface area (Å²) in [5, 5.41) is 5.23. The second-order valence-corrected chi connectivity index (χ2v) is 5.02. The number of carbonyl (C=O) groups excluding carboxylic acids is 3. The van der Waals surface area contributed by atoms with Crippen LogP contribution in [0.15, 0.2) is 54.6 Å². The predicted molar refractivity (Wildman–Crippen MR) is 89.3 cm³/mol. The van der Waals surface area contributed by atoms with Crippen LogP contribution in [0.4, 0.5) is 5.69 Å². The summed E-state index contributed by atoms with van der Waals surface area (Å²) in [6.45, 7) is 0.353. The molecule has 2 N–H and O–H groups in total. The number of anilines is 1. The summed E-state index contributed by atoms with van der Waals surface area (Å²) >= 11 is 0. The van der Waals surface area contributed by atoms with Crippen molar-refractivity contribution in [2.75, 3.05) is 12.4 Å². The minimum Gasteiger partial charge on any atom is -0.465 e. The van der Waals surface area contributed by atoms with Crippen LogP contribution in [0.2, 0.25) is 0 Å². The van der Waals surface area contributed by atoms with Crippen molar-refractivity contribution in [1.82, 2.24) is 5.32 Å². The number of para-hydroxylation sites is 1. The lowest BCUT2D eigenvalue weighted by molar-refractivity contribution is -0.126. The van der Waals surface area contributed by atoms with Gasteiger partial charge in [-0.2, -0.15) is 0 Å². The van der Waals surface area contributed by atoms with Crippen LogP contribution >= 0.6 is 0 Å². The molecule has 0 aromatic heterocycles. The zero-order valence-corrected chi connectivity index (χ0v) is 13.2. The highest BCUT2D eigenvalue weighted by Crippen LogP contribution is 2.16. The molecule has 0 radical (unpaired) electrons. The Kier molecular flexibility index (Phi) is 6.08. The first-order valence-electron chi connectivity index (χ1n) is 7.38. The fraction of sp³-hybridized carbons (Fsp3) is 0.167. The molecule has 0 saturated carbocycles. The van der Waals surface area contributed by atoms with Gasteiger partial charge in [-0.3, -0.25) is 9.59 Å². The third-order valence-electron chi connectivity index (χ3n) is 3.26. The summed E-state index contributed by atoms with van der Waals surface area (Å²) in [6, 6.07) is 15.8. The van der Waals surface area contributed by atoms with E-state index in [-0.39, 0.29) is 12.0 Å². The van der Waals surface area contributed by atoms with Crippen LogP contribution < -0.4 is 10.6 Å². The molecule has 2 amide bonds. The highest BCUT2D eigenvalue weighted by atomic mass is 16.5. The molecule has 124 valence electrons. The summed E-state index contributed by atoms with van der Waals surface area (Å²) in [5.74, 6) is -1.46. The van der Waals surface area contributed by atoms with Crippen LogP contribution in [0.5, 0.6) is 0 Å². The van der Waals surface area contributed by atoms with Gasteiger partial charge in [0.2, 0.25) is 11.8 Å². The van der Waals surface area contributed by atoms with Crippen LogP contribution in [-0.4, -0.2) is 24.9 Å². The van der Waals surface area contributed by atoms with E-state index in [9.17, 15) is 14.4 Å². The highest BCUT2D eigenvalue weighted by Gasteiger charge is 2.15. The van der Waals surface area contributed by atoms with E-state index in [2.05, 4.69) is 15.4 Å². The zero-order valence-electron chi connectivity index (χ0n) is 13.2. The topological polar surface area (TPSA) is 84.5 Å². The van der Waals surface area contributed by atoms with Crippen molar-refractivity contribution >= 4 is 23.5 Å². The van der Waals surface area contributed by atoms with Crippen molar-refractivity contribution in [2.45, 2.75) is 13.0 Å². The van der Waals surface area contributed by atoms with E-state index in [1.165, 1.54) is 13.2 Å². The van der Waals surface area contributed by atoms with Crippen molar-refractivity contribution < 1.29 is 19.1 Å². The molecule has 0 fully saturated rings. The molecule has 0 unspecified atom stereocenters. The Bertz CT molecular complexity index is 729. The van der Waals surface area contributed by atoms with Gasteiger partial charge >= 0.3 is 5.97 Å². The molecule has 2 aromatic carbocycles. The van der Waals surface area contributed by atoms with Gasteiger partial charge in [-0.05, 0) is 17.7 Å². The second kappa shape index (κ2) is 8.47. The number of methoxy groups -OCH3 is 1. The van der Waals surface area contributed by atoms with Crippen molar-refractivity contribution in [3.63, 3.8) is 0 Å². The fourth-order valence-electron chi connectivity index (χ4n) is 2.08. The first-order chi connectivity index (χ1) is 11.6. The van der Waals surface area contributed by atoms with Gasteiger partial charge in [0, 0.05) is 6.54 Å². The van der Waals surface area contributed by atoms with Gasteiger partial charge in [-0.25, -0.2) is 4.79 Å². The number of esters is 1. The lowest BCUT2D eigenvalue weighted by Crippen LogP contribution is -2.28. The molecule has 0 aliphatic heterocycles. The Labute approximate surface area is 139 Å². The minimum atomic E-state index is -0.556. The molecule has 0 saturated heterocycles. The Hall–Kier alpha value is -3.15. The van der Waals surface area contributed by atoms with E-state index in [1.807, 2.05) is 30.3 Å². The average molecular weight is 326 g/mol. The van der Waals surface area contributed by atoms with Crippen molar-refractivity contribution in [2.24, 2.45) is 0 Å². The number of nitrogens with one attached hydrogen (secondary N) is 2. The van der Waals surface area contributed by atoms with Gasteiger partial charge in [0.25, 0.3) is 0 Å². The molecular weight excluding hydrogens is 308 g/mol. The number of amides is 2.